The highest BCUT2D eigenvalue weighted by Crippen LogP contribution is 2.38. The fourth-order valence-electron chi connectivity index (χ4n) is 3.12. The van der Waals surface area contributed by atoms with E-state index in [1.54, 1.807) is 7.11 Å². The van der Waals surface area contributed by atoms with Crippen LogP contribution in [0.4, 0.5) is 0 Å². The first-order valence-electron chi connectivity index (χ1n) is 6.94. The molecule has 1 saturated carbocycles. The molecule has 1 aliphatic rings. The number of rotatable bonds is 3. The van der Waals surface area contributed by atoms with E-state index in [1.807, 2.05) is 19.1 Å². The summed E-state index contributed by atoms with van der Waals surface area (Å²) in [6.45, 7) is 1.98. The minimum absolute atomic E-state index is 0.0947. The van der Waals surface area contributed by atoms with E-state index in [-0.39, 0.29) is 5.38 Å². The molecule has 0 spiro atoms. The highest BCUT2D eigenvalue weighted by molar-refractivity contribution is 9.10. The van der Waals surface area contributed by atoms with Crippen LogP contribution in [0.2, 0.25) is 0 Å². The van der Waals surface area contributed by atoms with Gasteiger partial charge < -0.3 is 9.30 Å². The number of benzene rings is 1. The summed E-state index contributed by atoms with van der Waals surface area (Å²) in [5, 5.41) is -0.0947. The third-order valence-electron chi connectivity index (χ3n) is 4.09. The van der Waals surface area contributed by atoms with Crippen LogP contribution >= 0.6 is 27.5 Å². The quantitative estimate of drug-likeness (QED) is 0.735. The summed E-state index contributed by atoms with van der Waals surface area (Å²) in [6, 6.07) is 6.62. The van der Waals surface area contributed by atoms with Crippen LogP contribution < -0.4 is 0 Å². The van der Waals surface area contributed by atoms with Crippen LogP contribution in [0.3, 0.4) is 0 Å². The number of aromatic nitrogens is 2. The second kappa shape index (κ2) is 5.66. The molecule has 0 N–H and O–H groups in total. The maximum atomic E-state index is 6.34. The van der Waals surface area contributed by atoms with E-state index in [4.69, 9.17) is 21.3 Å². The predicted octanol–water partition coefficient (Wildman–Crippen LogP) is 4.84. The zero-order chi connectivity index (χ0) is 14.3. The molecule has 0 saturated heterocycles. The molecule has 1 heterocycles. The summed E-state index contributed by atoms with van der Waals surface area (Å²) < 4.78 is 8.89. The van der Waals surface area contributed by atoms with E-state index in [9.17, 15) is 0 Å². The molecule has 3 nitrogen and oxygen atoms in total. The van der Waals surface area contributed by atoms with Gasteiger partial charge in [-0.2, -0.15) is 0 Å². The van der Waals surface area contributed by atoms with Gasteiger partial charge in [0.25, 0.3) is 0 Å². The first-order valence-corrected chi connectivity index (χ1v) is 8.17. The van der Waals surface area contributed by atoms with Crippen LogP contribution in [0.5, 0.6) is 0 Å². The smallest absolute Gasteiger partial charge is 0.127 e. The minimum Gasteiger partial charge on any atom is -0.381 e. The molecule has 3 rings (SSSR count). The van der Waals surface area contributed by atoms with Crippen molar-refractivity contribution >= 4 is 38.6 Å². The normalized spacial score (nSPS) is 24.4. The van der Waals surface area contributed by atoms with Gasteiger partial charge in [0.2, 0.25) is 0 Å². The van der Waals surface area contributed by atoms with Gasteiger partial charge in [0.05, 0.1) is 22.5 Å². The Morgan fingerprint density at radius 2 is 2.25 bits per heavy atom. The standard InChI is InChI=1S/C15H18BrClN2O/c1-9(17)15-18-13-6-3-10(16)7-14(13)19(15)11-4-5-12(8-11)20-2/h3,6-7,9,11-12H,4-5,8H2,1-2H3. The summed E-state index contributed by atoms with van der Waals surface area (Å²) in [4.78, 5) is 4.72. The molecular weight excluding hydrogens is 340 g/mol. The Morgan fingerprint density at radius 1 is 1.45 bits per heavy atom. The largest absolute Gasteiger partial charge is 0.381 e. The predicted molar refractivity (Wildman–Crippen MR) is 85.4 cm³/mol. The van der Waals surface area contributed by atoms with Crippen molar-refractivity contribution in [3.8, 4) is 0 Å². The van der Waals surface area contributed by atoms with Crippen LogP contribution in [0, 0.1) is 0 Å². The number of hydrogen-bond donors (Lipinski definition) is 0. The van der Waals surface area contributed by atoms with E-state index in [2.05, 4.69) is 26.6 Å². The van der Waals surface area contributed by atoms with Gasteiger partial charge in [-0.05, 0) is 44.4 Å². The Morgan fingerprint density at radius 3 is 2.90 bits per heavy atom. The fraction of sp³-hybridized carbons (Fsp3) is 0.533. The molecule has 0 amide bonds. The van der Waals surface area contributed by atoms with E-state index in [0.29, 0.717) is 12.1 Å². The van der Waals surface area contributed by atoms with Gasteiger partial charge in [0.15, 0.2) is 0 Å². The van der Waals surface area contributed by atoms with Crippen LogP contribution in [0.1, 0.15) is 43.4 Å². The molecule has 2 aromatic rings. The number of halogens is 2. The number of methoxy groups -OCH3 is 1. The van der Waals surface area contributed by atoms with Gasteiger partial charge in [0, 0.05) is 17.6 Å². The minimum atomic E-state index is -0.0947. The lowest BCUT2D eigenvalue weighted by Gasteiger charge is -2.18. The lowest BCUT2D eigenvalue weighted by Crippen LogP contribution is -2.12. The summed E-state index contributed by atoms with van der Waals surface area (Å²) in [6.07, 6.45) is 3.60. The number of alkyl halides is 1. The molecule has 0 radical (unpaired) electrons. The molecular formula is C15H18BrClN2O. The summed E-state index contributed by atoms with van der Waals surface area (Å²) >= 11 is 9.89. The van der Waals surface area contributed by atoms with Gasteiger partial charge in [-0.25, -0.2) is 4.98 Å². The Labute approximate surface area is 132 Å². The van der Waals surface area contributed by atoms with E-state index >= 15 is 0 Å². The third-order valence-corrected chi connectivity index (χ3v) is 4.78. The average Bonchev–Trinajstić information content (AvgIpc) is 3.01. The van der Waals surface area contributed by atoms with Crippen molar-refractivity contribution < 1.29 is 4.74 Å². The molecule has 20 heavy (non-hydrogen) atoms. The average molecular weight is 358 g/mol. The highest BCUT2D eigenvalue weighted by Gasteiger charge is 2.29. The van der Waals surface area contributed by atoms with Gasteiger partial charge in [-0.1, -0.05) is 15.9 Å². The maximum absolute atomic E-state index is 6.34. The molecule has 1 aromatic carbocycles. The number of nitrogens with zero attached hydrogens (tertiary/aromatic N) is 2. The zero-order valence-electron chi connectivity index (χ0n) is 11.6. The van der Waals surface area contributed by atoms with E-state index in [0.717, 1.165) is 40.6 Å². The molecule has 0 bridgehead atoms. The Balaban J connectivity index is 2.11. The Bertz CT molecular complexity index is 626. The number of hydrogen-bond acceptors (Lipinski definition) is 2. The van der Waals surface area contributed by atoms with Crippen LogP contribution in [-0.4, -0.2) is 22.8 Å². The SMILES string of the molecule is COC1CCC(n2c(C(C)Cl)nc3ccc(Br)cc32)C1. The molecule has 3 atom stereocenters. The first-order chi connectivity index (χ1) is 9.60. The van der Waals surface area contributed by atoms with Crippen molar-refractivity contribution in [3.05, 3.63) is 28.5 Å². The zero-order valence-corrected chi connectivity index (χ0v) is 14.0. The van der Waals surface area contributed by atoms with Crippen molar-refractivity contribution in [1.82, 2.24) is 9.55 Å². The maximum Gasteiger partial charge on any atom is 0.127 e. The second-order valence-corrected chi connectivity index (χ2v) is 6.98. The second-order valence-electron chi connectivity index (χ2n) is 5.41. The number of ether oxygens (including phenoxy) is 1. The topological polar surface area (TPSA) is 27.1 Å². The molecule has 3 unspecified atom stereocenters. The third kappa shape index (κ3) is 2.49. The van der Waals surface area contributed by atoms with Crippen molar-refractivity contribution in [3.63, 3.8) is 0 Å². The number of imidazole rings is 1. The highest BCUT2D eigenvalue weighted by atomic mass is 79.9. The van der Waals surface area contributed by atoms with E-state index in [1.165, 1.54) is 0 Å². The monoisotopic (exact) mass is 356 g/mol. The van der Waals surface area contributed by atoms with Crippen LogP contribution in [0.25, 0.3) is 11.0 Å². The molecule has 1 aromatic heterocycles. The fourth-order valence-corrected chi connectivity index (χ4v) is 3.62. The Hall–Kier alpha value is -0.580. The van der Waals surface area contributed by atoms with Crippen molar-refractivity contribution in [1.29, 1.82) is 0 Å². The Kier molecular flexibility index (Phi) is 4.07. The molecule has 5 heteroatoms. The molecule has 1 aliphatic carbocycles. The summed E-state index contributed by atoms with van der Waals surface area (Å²) in [7, 11) is 1.79. The lowest BCUT2D eigenvalue weighted by atomic mass is 10.2. The van der Waals surface area contributed by atoms with Crippen molar-refractivity contribution in [2.75, 3.05) is 7.11 Å². The summed E-state index contributed by atoms with van der Waals surface area (Å²) in [5.41, 5.74) is 2.17. The van der Waals surface area contributed by atoms with Crippen LogP contribution in [-0.2, 0) is 4.74 Å². The molecule has 108 valence electrons. The van der Waals surface area contributed by atoms with Gasteiger partial charge >= 0.3 is 0 Å². The van der Waals surface area contributed by atoms with Crippen molar-refractivity contribution in [2.45, 2.75) is 43.7 Å². The number of fused-ring (bicyclic) bond motifs is 1. The summed E-state index contributed by atoms with van der Waals surface area (Å²) in [5.74, 6) is 0.960. The van der Waals surface area contributed by atoms with Gasteiger partial charge in [-0.15, -0.1) is 11.6 Å². The lowest BCUT2D eigenvalue weighted by molar-refractivity contribution is 0.106. The van der Waals surface area contributed by atoms with Gasteiger partial charge in [0.1, 0.15) is 5.82 Å². The van der Waals surface area contributed by atoms with Crippen LogP contribution in [0.15, 0.2) is 22.7 Å². The van der Waals surface area contributed by atoms with E-state index < -0.39 is 0 Å². The first kappa shape index (κ1) is 14.4. The van der Waals surface area contributed by atoms with Gasteiger partial charge in [-0.3, -0.25) is 0 Å². The molecule has 1 fully saturated rings. The molecule has 0 aliphatic heterocycles. The van der Waals surface area contributed by atoms with Crippen molar-refractivity contribution in [2.24, 2.45) is 0 Å².